The topological polar surface area (TPSA) is 65.7 Å². The minimum absolute atomic E-state index is 0.506. The van der Waals surface area contributed by atoms with Crippen LogP contribution >= 0.6 is 7.49 Å². The SMILES string of the molecule is CCC[PH](CCNC1COC1)(OC)c1ccc(N)c(OC)c1. The Kier molecular flexibility index (Phi) is 6.45. The van der Waals surface area contributed by atoms with Crippen LogP contribution in [0, 0.1) is 0 Å². The van der Waals surface area contributed by atoms with Crippen LogP contribution in [-0.4, -0.2) is 52.3 Å². The summed E-state index contributed by atoms with van der Waals surface area (Å²) < 4.78 is 16.7. The van der Waals surface area contributed by atoms with Crippen LogP contribution in [0.1, 0.15) is 13.3 Å². The van der Waals surface area contributed by atoms with Gasteiger partial charge in [-0.15, -0.1) is 0 Å². The number of benzene rings is 1. The predicted molar refractivity (Wildman–Crippen MR) is 95.0 cm³/mol. The van der Waals surface area contributed by atoms with Crippen LogP contribution in [-0.2, 0) is 9.26 Å². The number of ether oxygens (including phenoxy) is 2. The van der Waals surface area contributed by atoms with Crippen molar-refractivity contribution in [3.05, 3.63) is 18.2 Å². The van der Waals surface area contributed by atoms with E-state index in [1.807, 2.05) is 13.2 Å². The summed E-state index contributed by atoms with van der Waals surface area (Å²) in [5, 5.41) is 4.81. The van der Waals surface area contributed by atoms with E-state index in [2.05, 4.69) is 24.4 Å². The first-order valence-corrected chi connectivity index (χ1v) is 10.3. The Hall–Kier alpha value is -0.870. The molecular weight excluding hydrogens is 299 g/mol. The van der Waals surface area contributed by atoms with Crippen LogP contribution in [0.3, 0.4) is 0 Å². The van der Waals surface area contributed by atoms with Gasteiger partial charge in [0, 0.05) is 0 Å². The van der Waals surface area contributed by atoms with Crippen molar-refractivity contribution < 1.29 is 14.0 Å². The molecule has 0 saturated carbocycles. The molecule has 1 saturated heterocycles. The second-order valence-electron chi connectivity index (χ2n) is 5.84. The summed E-state index contributed by atoms with van der Waals surface area (Å²) in [6, 6.07) is 6.60. The Balaban J connectivity index is 2.14. The zero-order valence-corrected chi connectivity index (χ0v) is 14.9. The van der Waals surface area contributed by atoms with E-state index in [0.717, 1.165) is 44.3 Å². The van der Waals surface area contributed by atoms with Gasteiger partial charge in [0.1, 0.15) is 0 Å². The molecule has 0 atom stereocenters. The molecule has 0 unspecified atom stereocenters. The zero-order chi connectivity index (χ0) is 16.0. The molecule has 5 nitrogen and oxygen atoms in total. The Bertz CT molecular complexity index is 482. The fourth-order valence-corrected chi connectivity index (χ4v) is 6.57. The average molecular weight is 328 g/mol. The molecule has 1 heterocycles. The Labute approximate surface area is 133 Å². The van der Waals surface area contributed by atoms with Crippen molar-refractivity contribution in [3.63, 3.8) is 0 Å². The van der Waals surface area contributed by atoms with E-state index in [9.17, 15) is 0 Å². The third kappa shape index (κ3) is 3.90. The summed E-state index contributed by atoms with van der Waals surface area (Å²) in [5.74, 6) is 0.739. The number of rotatable bonds is 9. The van der Waals surface area contributed by atoms with Crippen LogP contribution in [0.4, 0.5) is 5.69 Å². The van der Waals surface area contributed by atoms with Gasteiger partial charge in [-0.3, -0.25) is 0 Å². The van der Waals surface area contributed by atoms with Crippen molar-refractivity contribution >= 4 is 18.5 Å². The molecule has 0 aromatic heterocycles. The van der Waals surface area contributed by atoms with Crippen molar-refractivity contribution in [3.8, 4) is 5.75 Å². The maximum atomic E-state index is 6.11. The van der Waals surface area contributed by atoms with E-state index in [-0.39, 0.29) is 0 Å². The second-order valence-corrected chi connectivity index (χ2v) is 9.82. The summed E-state index contributed by atoms with van der Waals surface area (Å²) in [6.45, 7) is 4.82. The number of nitrogens with two attached hydrogens (primary N) is 1. The van der Waals surface area contributed by atoms with Gasteiger partial charge in [0.15, 0.2) is 0 Å². The first-order chi connectivity index (χ1) is 10.6. The summed E-state index contributed by atoms with van der Waals surface area (Å²) in [4.78, 5) is 0. The number of anilines is 1. The molecule has 6 heteroatoms. The molecule has 0 radical (unpaired) electrons. The molecule has 2 rings (SSSR count). The third-order valence-corrected chi connectivity index (χ3v) is 8.91. The van der Waals surface area contributed by atoms with Crippen LogP contribution in [0.15, 0.2) is 18.2 Å². The van der Waals surface area contributed by atoms with Gasteiger partial charge in [0.2, 0.25) is 0 Å². The number of nitrogen functional groups attached to an aromatic ring is 1. The molecule has 0 spiro atoms. The third-order valence-electron chi connectivity index (χ3n) is 4.40. The molecular formula is C16H29N2O3P. The quantitative estimate of drug-likeness (QED) is 0.533. The molecule has 0 amide bonds. The first-order valence-electron chi connectivity index (χ1n) is 7.95. The molecule has 0 aliphatic carbocycles. The van der Waals surface area contributed by atoms with E-state index in [4.69, 9.17) is 19.7 Å². The Morgan fingerprint density at radius 2 is 2.09 bits per heavy atom. The van der Waals surface area contributed by atoms with Crippen molar-refractivity contribution in [2.45, 2.75) is 19.4 Å². The maximum absolute atomic E-state index is 6.11. The van der Waals surface area contributed by atoms with Gasteiger partial charge >= 0.3 is 133 Å². The van der Waals surface area contributed by atoms with E-state index < -0.39 is 7.49 Å². The fraction of sp³-hybridized carbons (Fsp3) is 0.625. The summed E-state index contributed by atoms with van der Waals surface area (Å²) >= 11 is 0. The van der Waals surface area contributed by atoms with Crippen LogP contribution in [0.5, 0.6) is 5.75 Å². The number of methoxy groups -OCH3 is 1. The fourth-order valence-electron chi connectivity index (χ4n) is 2.97. The Morgan fingerprint density at radius 1 is 1.32 bits per heavy atom. The molecule has 1 fully saturated rings. The molecule has 22 heavy (non-hydrogen) atoms. The molecule has 3 N–H and O–H groups in total. The van der Waals surface area contributed by atoms with Crippen molar-refractivity contribution in [2.24, 2.45) is 0 Å². The molecule has 1 aliphatic rings. The Morgan fingerprint density at radius 3 is 2.64 bits per heavy atom. The van der Waals surface area contributed by atoms with Gasteiger partial charge in [-0.1, -0.05) is 0 Å². The first kappa shape index (κ1) is 17.5. The van der Waals surface area contributed by atoms with E-state index in [1.165, 1.54) is 5.30 Å². The molecule has 1 aliphatic heterocycles. The van der Waals surface area contributed by atoms with E-state index in [0.29, 0.717) is 11.7 Å². The van der Waals surface area contributed by atoms with Gasteiger partial charge in [0.25, 0.3) is 0 Å². The summed E-state index contributed by atoms with van der Waals surface area (Å²) in [5.41, 5.74) is 6.62. The molecule has 1 aromatic rings. The monoisotopic (exact) mass is 328 g/mol. The van der Waals surface area contributed by atoms with Crippen molar-refractivity contribution in [2.75, 3.05) is 52.0 Å². The van der Waals surface area contributed by atoms with Gasteiger partial charge < -0.3 is 0 Å². The summed E-state index contributed by atoms with van der Waals surface area (Å²) in [6.07, 6.45) is 3.25. The van der Waals surface area contributed by atoms with E-state index in [1.54, 1.807) is 7.11 Å². The zero-order valence-electron chi connectivity index (χ0n) is 13.9. The standard InChI is InChI=1S/C16H29N2O3P/c1-4-8-22(20-3,9-7-18-13-11-21-12-13)14-5-6-15(17)16(10-14)19-2/h5-6,10,13,18,22H,4,7-9,11-12,17H2,1-3H3. The van der Waals surface area contributed by atoms with Crippen LogP contribution in [0.2, 0.25) is 0 Å². The van der Waals surface area contributed by atoms with Gasteiger partial charge in [-0.2, -0.15) is 0 Å². The van der Waals surface area contributed by atoms with Crippen molar-refractivity contribution in [1.29, 1.82) is 0 Å². The summed E-state index contributed by atoms with van der Waals surface area (Å²) in [7, 11) is 1.49. The predicted octanol–water partition coefficient (Wildman–Crippen LogP) is 1.61. The van der Waals surface area contributed by atoms with Crippen LogP contribution in [0.25, 0.3) is 0 Å². The normalized spacial score (nSPS) is 16.3. The van der Waals surface area contributed by atoms with E-state index >= 15 is 0 Å². The number of hydrogen-bond donors (Lipinski definition) is 2. The average Bonchev–Trinajstić information content (AvgIpc) is 2.49. The van der Waals surface area contributed by atoms with Gasteiger partial charge in [-0.05, 0) is 0 Å². The minimum atomic E-state index is -2.01. The second kappa shape index (κ2) is 8.11. The van der Waals surface area contributed by atoms with Gasteiger partial charge in [-0.25, -0.2) is 0 Å². The number of hydrogen-bond acceptors (Lipinski definition) is 5. The molecule has 1 aromatic carbocycles. The molecule has 126 valence electrons. The van der Waals surface area contributed by atoms with Crippen molar-refractivity contribution in [1.82, 2.24) is 5.32 Å². The van der Waals surface area contributed by atoms with Gasteiger partial charge in [0.05, 0.1) is 0 Å². The number of nitrogens with one attached hydrogen (secondary N) is 1. The molecule has 0 bridgehead atoms. The van der Waals surface area contributed by atoms with Crippen LogP contribution < -0.4 is 21.1 Å².